The van der Waals surface area contributed by atoms with Crippen molar-refractivity contribution in [2.24, 2.45) is 5.10 Å². The Morgan fingerprint density at radius 3 is 2.45 bits per heavy atom. The Kier molecular flexibility index (Phi) is 8.35. The van der Waals surface area contributed by atoms with Gasteiger partial charge in [0.1, 0.15) is 0 Å². The summed E-state index contributed by atoms with van der Waals surface area (Å²) >= 11 is 10.2. The molecule has 1 N–H and O–H groups in total. The summed E-state index contributed by atoms with van der Waals surface area (Å²) in [7, 11) is 0. The number of nitrogens with zero attached hydrogens (tertiary/aromatic N) is 3. The van der Waals surface area contributed by atoms with Crippen LogP contribution in [0.2, 0.25) is 5.02 Å². The molecule has 0 aliphatic rings. The zero-order chi connectivity index (χ0) is 22.3. The number of nitrogens with one attached hydrogen (secondary N) is 1. The summed E-state index contributed by atoms with van der Waals surface area (Å²) in [5.74, 6) is 0.375. The summed E-state index contributed by atoms with van der Waals surface area (Å²) in [6, 6.07) is 12.0. The van der Waals surface area contributed by atoms with Crippen LogP contribution in [0.3, 0.4) is 0 Å². The van der Waals surface area contributed by atoms with Crippen LogP contribution in [0.25, 0.3) is 0 Å². The van der Waals surface area contributed by atoms with Crippen LogP contribution in [0.4, 0.5) is 13.2 Å². The maximum atomic E-state index is 12.5. The van der Waals surface area contributed by atoms with E-state index >= 15 is 0 Å². The lowest BCUT2D eigenvalue weighted by molar-refractivity contribution is -0.137. The van der Waals surface area contributed by atoms with Gasteiger partial charge in [0, 0.05) is 10.8 Å². The highest BCUT2D eigenvalue weighted by Gasteiger charge is 2.29. The maximum absolute atomic E-state index is 12.5. The second-order valence-electron chi connectivity index (χ2n) is 5.92. The van der Waals surface area contributed by atoms with Crippen LogP contribution in [0.1, 0.15) is 16.7 Å². The molecule has 1 aromatic heterocycles. The van der Waals surface area contributed by atoms with Crippen LogP contribution in [-0.2, 0) is 16.7 Å². The van der Waals surface area contributed by atoms with Crippen LogP contribution in [0.5, 0.6) is 0 Å². The van der Waals surface area contributed by atoms with Gasteiger partial charge in [0.15, 0.2) is 8.68 Å². The standard InChI is InChI=1S/C19H14ClF3N4OS3/c20-15-4-2-1-3-13(15)10-29-17-26-27-18(31-17)30-11-16(28)25-24-9-12-5-7-14(8-6-12)19(21,22)23/h1-9H,10-11H2,(H,25,28)/b24-9+. The molecule has 1 amide bonds. The number of carbonyl (C=O) groups excluding carboxylic acids is 1. The Balaban J connectivity index is 1.42. The predicted octanol–water partition coefficient (Wildman–Crippen LogP) is 5.75. The van der Waals surface area contributed by atoms with E-state index in [4.69, 9.17) is 11.6 Å². The number of amides is 1. The quantitative estimate of drug-likeness (QED) is 0.241. The van der Waals surface area contributed by atoms with Crippen LogP contribution < -0.4 is 5.43 Å². The molecule has 162 valence electrons. The highest BCUT2D eigenvalue weighted by atomic mass is 35.5. The fourth-order valence-corrected chi connectivity index (χ4v) is 5.26. The van der Waals surface area contributed by atoms with Gasteiger partial charge in [0.2, 0.25) is 0 Å². The number of alkyl halides is 3. The molecule has 0 radical (unpaired) electrons. The molecule has 0 fully saturated rings. The molecule has 0 aliphatic carbocycles. The summed E-state index contributed by atoms with van der Waals surface area (Å²) < 4.78 is 39.0. The Labute approximate surface area is 193 Å². The predicted molar refractivity (Wildman–Crippen MR) is 119 cm³/mol. The summed E-state index contributed by atoms with van der Waals surface area (Å²) in [4.78, 5) is 11.9. The largest absolute Gasteiger partial charge is 0.416 e. The van der Waals surface area contributed by atoms with Crippen molar-refractivity contribution in [3.05, 3.63) is 70.2 Å². The van der Waals surface area contributed by atoms with Crippen molar-refractivity contribution in [3.8, 4) is 0 Å². The number of benzene rings is 2. The minimum atomic E-state index is -4.39. The van der Waals surface area contributed by atoms with E-state index in [0.717, 1.165) is 22.0 Å². The van der Waals surface area contributed by atoms with E-state index in [9.17, 15) is 18.0 Å². The third kappa shape index (κ3) is 7.53. The van der Waals surface area contributed by atoms with Crippen molar-refractivity contribution < 1.29 is 18.0 Å². The monoisotopic (exact) mass is 502 g/mol. The summed E-state index contributed by atoms with van der Waals surface area (Å²) in [6.45, 7) is 0. The van der Waals surface area contributed by atoms with Crippen molar-refractivity contribution in [1.82, 2.24) is 15.6 Å². The highest BCUT2D eigenvalue weighted by molar-refractivity contribution is 8.03. The molecule has 1 heterocycles. The van der Waals surface area contributed by atoms with Crippen molar-refractivity contribution >= 4 is 58.6 Å². The van der Waals surface area contributed by atoms with Crippen molar-refractivity contribution in [1.29, 1.82) is 0 Å². The van der Waals surface area contributed by atoms with Gasteiger partial charge in [0.05, 0.1) is 17.5 Å². The zero-order valence-corrected chi connectivity index (χ0v) is 18.8. The Morgan fingerprint density at radius 1 is 1.10 bits per heavy atom. The minimum absolute atomic E-state index is 0.0775. The lowest BCUT2D eigenvalue weighted by atomic mass is 10.1. The van der Waals surface area contributed by atoms with E-state index in [-0.39, 0.29) is 11.7 Å². The Hall–Kier alpha value is -2.08. The van der Waals surface area contributed by atoms with Crippen LogP contribution in [0.15, 0.2) is 62.3 Å². The second kappa shape index (κ2) is 11.0. The van der Waals surface area contributed by atoms with Gasteiger partial charge in [-0.1, -0.05) is 76.8 Å². The van der Waals surface area contributed by atoms with Gasteiger partial charge in [-0.3, -0.25) is 4.79 Å². The average molecular weight is 503 g/mol. The first-order valence-corrected chi connectivity index (χ1v) is 11.8. The number of hydrazone groups is 1. The van der Waals surface area contributed by atoms with Crippen LogP contribution in [0, 0.1) is 0 Å². The number of halogens is 4. The first-order valence-electron chi connectivity index (χ1n) is 8.63. The smallest absolute Gasteiger partial charge is 0.272 e. The van der Waals surface area contributed by atoms with Crippen LogP contribution in [-0.4, -0.2) is 28.1 Å². The van der Waals surface area contributed by atoms with Crippen molar-refractivity contribution in [2.45, 2.75) is 20.6 Å². The van der Waals surface area contributed by atoms with Gasteiger partial charge >= 0.3 is 6.18 Å². The lowest BCUT2D eigenvalue weighted by Crippen LogP contribution is -2.19. The van der Waals surface area contributed by atoms with E-state index in [1.54, 1.807) is 0 Å². The van der Waals surface area contributed by atoms with E-state index in [1.807, 2.05) is 24.3 Å². The molecular formula is C19H14ClF3N4OS3. The maximum Gasteiger partial charge on any atom is 0.416 e. The summed E-state index contributed by atoms with van der Waals surface area (Å²) in [6.07, 6.45) is -3.12. The number of hydrogen-bond acceptors (Lipinski definition) is 7. The van der Waals surface area contributed by atoms with E-state index in [1.165, 1.54) is 53.2 Å². The fourth-order valence-electron chi connectivity index (χ4n) is 2.17. The molecule has 12 heteroatoms. The molecule has 3 aromatic rings. The first-order chi connectivity index (χ1) is 14.8. The molecule has 0 saturated carbocycles. The van der Waals surface area contributed by atoms with Gasteiger partial charge in [-0.25, -0.2) is 5.43 Å². The van der Waals surface area contributed by atoms with Crippen molar-refractivity contribution in [2.75, 3.05) is 5.75 Å². The van der Waals surface area contributed by atoms with Crippen molar-refractivity contribution in [3.63, 3.8) is 0 Å². The molecular weight excluding hydrogens is 489 g/mol. The average Bonchev–Trinajstić information content (AvgIpc) is 3.19. The van der Waals surface area contributed by atoms with Gasteiger partial charge in [-0.2, -0.15) is 18.3 Å². The van der Waals surface area contributed by atoms with E-state index in [0.29, 0.717) is 20.7 Å². The van der Waals surface area contributed by atoms with Gasteiger partial charge < -0.3 is 0 Å². The number of hydrogen-bond donors (Lipinski definition) is 1. The van der Waals surface area contributed by atoms with Gasteiger partial charge in [0.25, 0.3) is 5.91 Å². The first kappa shape index (κ1) is 23.6. The Morgan fingerprint density at radius 2 is 1.77 bits per heavy atom. The Bertz CT molecular complexity index is 1060. The number of carbonyl (C=O) groups is 1. The summed E-state index contributed by atoms with van der Waals surface area (Å²) in [5, 5.41) is 12.6. The van der Waals surface area contributed by atoms with E-state index in [2.05, 4.69) is 20.7 Å². The SMILES string of the molecule is O=C(CSc1nnc(SCc2ccccc2Cl)s1)N/N=C/c1ccc(C(F)(F)F)cc1. The molecule has 0 spiro atoms. The molecule has 5 nitrogen and oxygen atoms in total. The second-order valence-corrected chi connectivity index (χ2v) is 9.75. The molecule has 0 unspecified atom stereocenters. The molecule has 3 rings (SSSR count). The third-order valence-corrected chi connectivity index (χ3v) is 7.27. The van der Waals surface area contributed by atoms with Crippen LogP contribution >= 0.6 is 46.5 Å². The number of rotatable bonds is 8. The highest BCUT2D eigenvalue weighted by Crippen LogP contribution is 2.32. The summed E-state index contributed by atoms with van der Waals surface area (Å²) in [5.41, 5.74) is 3.03. The molecule has 31 heavy (non-hydrogen) atoms. The topological polar surface area (TPSA) is 67.2 Å². The number of aromatic nitrogens is 2. The number of thioether (sulfide) groups is 2. The normalized spacial score (nSPS) is 11.7. The lowest BCUT2D eigenvalue weighted by Gasteiger charge is -2.05. The molecule has 2 aromatic carbocycles. The fraction of sp³-hybridized carbons (Fsp3) is 0.158. The van der Waals surface area contributed by atoms with Gasteiger partial charge in [-0.15, -0.1) is 10.2 Å². The minimum Gasteiger partial charge on any atom is -0.272 e. The molecule has 0 aliphatic heterocycles. The van der Waals surface area contributed by atoms with Gasteiger partial charge in [-0.05, 0) is 29.3 Å². The molecule has 0 saturated heterocycles. The van der Waals surface area contributed by atoms with E-state index < -0.39 is 11.7 Å². The zero-order valence-electron chi connectivity index (χ0n) is 15.6. The molecule has 0 atom stereocenters. The third-order valence-electron chi connectivity index (χ3n) is 3.66. The molecule has 0 bridgehead atoms.